The van der Waals surface area contributed by atoms with Crippen molar-refractivity contribution in [3.8, 4) is 0 Å². The molecule has 24 heavy (non-hydrogen) atoms. The Balaban J connectivity index is 0.000000441. The molecule has 1 heterocycles. The Morgan fingerprint density at radius 3 is 2.58 bits per heavy atom. The fourth-order valence-corrected chi connectivity index (χ4v) is 3.20. The minimum Gasteiger partial charge on any atom is -0.348 e. The van der Waals surface area contributed by atoms with E-state index in [2.05, 4.69) is 21.3 Å². The van der Waals surface area contributed by atoms with E-state index in [9.17, 15) is 19.2 Å². The van der Waals surface area contributed by atoms with Gasteiger partial charge in [0.25, 0.3) is 0 Å². The number of hydrogen-bond donors (Lipinski definition) is 4. The second-order valence-corrected chi connectivity index (χ2v) is 7.82. The van der Waals surface area contributed by atoms with E-state index in [1.165, 1.54) is 0 Å². The normalized spacial score (nSPS) is 18.0. The lowest BCUT2D eigenvalue weighted by Crippen LogP contribution is -2.57. The summed E-state index contributed by atoms with van der Waals surface area (Å²) in [7, 11) is 4.87. The van der Waals surface area contributed by atoms with Crippen molar-refractivity contribution in [2.75, 3.05) is 32.1 Å². The van der Waals surface area contributed by atoms with Gasteiger partial charge in [-0.2, -0.15) is 0 Å². The number of hydrogen-bond acceptors (Lipinski definition) is 7. The van der Waals surface area contributed by atoms with Gasteiger partial charge >= 0.3 is 0 Å². The zero-order chi connectivity index (χ0) is 18.5. The third-order valence-corrected chi connectivity index (χ3v) is 4.87. The third-order valence-electron chi connectivity index (χ3n) is 3.05. The highest BCUT2D eigenvalue weighted by atomic mass is 33.1. The summed E-state index contributed by atoms with van der Waals surface area (Å²) in [6.45, 7) is 4.09. The predicted molar refractivity (Wildman–Crippen MR) is 97.7 cm³/mol. The van der Waals surface area contributed by atoms with Gasteiger partial charge in [-0.05, 0) is 19.2 Å². The fourth-order valence-electron chi connectivity index (χ4n) is 1.87. The molecule has 4 N–H and O–H groups in total. The van der Waals surface area contributed by atoms with Crippen LogP contribution >= 0.6 is 21.6 Å². The van der Waals surface area contributed by atoms with Gasteiger partial charge in [-0.25, -0.2) is 0 Å². The Labute approximate surface area is 150 Å². The van der Waals surface area contributed by atoms with Crippen LogP contribution in [0.15, 0.2) is 0 Å². The van der Waals surface area contributed by atoms with E-state index in [0.29, 0.717) is 12.0 Å². The molecule has 0 aromatic heterocycles. The molecule has 1 aliphatic rings. The van der Waals surface area contributed by atoms with Crippen molar-refractivity contribution in [3.05, 3.63) is 0 Å². The summed E-state index contributed by atoms with van der Waals surface area (Å²) >= 11 is 0. The molecule has 0 aliphatic carbocycles. The standard InChI is InChI=1S/C8H16N2O2.C6H10N2O2S2/c1-6(2)7(9-3)8(12)10-4-5-11;1-11-12-3-4-6(10)7-2-5(9)8-4/h5-7,9H,4H2,1-3H3,(H,10,12);4H,2-3H2,1H3,(H,7,10)(H,8,9). The molecular formula is C14H26N4O4S2. The van der Waals surface area contributed by atoms with Crippen LogP contribution in [0.3, 0.4) is 0 Å². The molecule has 8 nitrogen and oxygen atoms in total. The zero-order valence-electron chi connectivity index (χ0n) is 14.4. The maximum atomic E-state index is 11.2. The summed E-state index contributed by atoms with van der Waals surface area (Å²) in [5.74, 6) is 0.525. The average molecular weight is 379 g/mol. The Hall–Kier alpha value is -1.26. The van der Waals surface area contributed by atoms with Crippen LogP contribution in [-0.2, 0) is 19.2 Å². The molecule has 0 radical (unpaired) electrons. The highest BCUT2D eigenvalue weighted by molar-refractivity contribution is 8.76. The Bertz CT molecular complexity index is 435. The molecule has 0 bridgehead atoms. The van der Waals surface area contributed by atoms with E-state index in [1.54, 1.807) is 28.6 Å². The topological polar surface area (TPSA) is 116 Å². The number of piperazine rings is 1. The van der Waals surface area contributed by atoms with Crippen molar-refractivity contribution in [2.24, 2.45) is 5.92 Å². The van der Waals surface area contributed by atoms with Gasteiger partial charge in [0, 0.05) is 5.75 Å². The molecule has 0 aromatic carbocycles. The van der Waals surface area contributed by atoms with E-state index in [4.69, 9.17) is 0 Å². The third kappa shape index (κ3) is 9.14. The smallest absolute Gasteiger partial charge is 0.243 e. The molecule has 1 rings (SSSR count). The van der Waals surface area contributed by atoms with Crippen LogP contribution in [-0.4, -0.2) is 68.2 Å². The summed E-state index contributed by atoms with van der Waals surface area (Å²) < 4.78 is 0. The van der Waals surface area contributed by atoms with E-state index in [0.717, 1.165) is 0 Å². The van der Waals surface area contributed by atoms with Gasteiger partial charge in [-0.3, -0.25) is 14.4 Å². The lowest BCUT2D eigenvalue weighted by atomic mass is 10.0. The molecule has 10 heteroatoms. The van der Waals surface area contributed by atoms with Crippen LogP contribution in [0.4, 0.5) is 0 Å². The molecule has 2 unspecified atom stereocenters. The lowest BCUT2D eigenvalue weighted by Gasteiger charge is -2.22. The Morgan fingerprint density at radius 2 is 2.08 bits per heavy atom. The SMILES string of the molecule is CNC(C(=O)NCC=O)C(C)C.CSSCC1NC(=O)CNC1=O. The van der Waals surface area contributed by atoms with Crippen LogP contribution in [0, 0.1) is 5.92 Å². The Morgan fingerprint density at radius 1 is 1.42 bits per heavy atom. The summed E-state index contributed by atoms with van der Waals surface area (Å²) in [6, 6.07) is -0.575. The fraction of sp³-hybridized carbons (Fsp3) is 0.714. The lowest BCUT2D eigenvalue weighted by molar-refractivity contribution is -0.133. The molecule has 3 amide bonds. The molecule has 0 aromatic rings. The summed E-state index contributed by atoms with van der Waals surface area (Å²) in [5.41, 5.74) is 0. The number of carbonyl (C=O) groups excluding carboxylic acids is 4. The van der Waals surface area contributed by atoms with Crippen molar-refractivity contribution in [1.29, 1.82) is 0 Å². The first kappa shape index (κ1) is 22.7. The van der Waals surface area contributed by atoms with Gasteiger partial charge < -0.3 is 26.1 Å². The highest BCUT2D eigenvalue weighted by Crippen LogP contribution is 2.18. The van der Waals surface area contributed by atoms with Crippen LogP contribution < -0.4 is 21.3 Å². The first-order chi connectivity index (χ1) is 11.4. The summed E-state index contributed by atoms with van der Waals surface area (Å²) in [5, 5.41) is 10.5. The van der Waals surface area contributed by atoms with Crippen LogP contribution in [0.25, 0.3) is 0 Å². The number of amides is 3. The molecule has 0 spiro atoms. The summed E-state index contributed by atoms with van der Waals surface area (Å²) in [6.07, 6.45) is 2.61. The minimum atomic E-state index is -0.358. The number of rotatable bonds is 8. The largest absolute Gasteiger partial charge is 0.348 e. The van der Waals surface area contributed by atoms with Gasteiger partial charge in [-0.1, -0.05) is 35.4 Å². The summed E-state index contributed by atoms with van der Waals surface area (Å²) in [4.78, 5) is 43.1. The zero-order valence-corrected chi connectivity index (χ0v) is 16.0. The second-order valence-electron chi connectivity index (χ2n) is 5.21. The quantitative estimate of drug-likeness (QED) is 0.321. The second kappa shape index (κ2) is 13.1. The predicted octanol–water partition coefficient (Wildman–Crippen LogP) is -0.842. The van der Waals surface area contributed by atoms with Crippen LogP contribution in [0.2, 0.25) is 0 Å². The van der Waals surface area contributed by atoms with Gasteiger partial charge in [0.15, 0.2) is 0 Å². The average Bonchev–Trinajstić information content (AvgIpc) is 2.54. The molecule has 1 fully saturated rings. The van der Waals surface area contributed by atoms with Crippen LogP contribution in [0.1, 0.15) is 13.8 Å². The van der Waals surface area contributed by atoms with Crippen molar-refractivity contribution in [1.82, 2.24) is 21.3 Å². The number of carbonyl (C=O) groups is 4. The molecular weight excluding hydrogens is 352 g/mol. The number of nitrogens with one attached hydrogen (secondary N) is 4. The van der Waals surface area contributed by atoms with E-state index < -0.39 is 0 Å². The molecule has 138 valence electrons. The molecule has 1 aliphatic heterocycles. The highest BCUT2D eigenvalue weighted by Gasteiger charge is 2.25. The van der Waals surface area contributed by atoms with Gasteiger partial charge in [0.05, 0.1) is 19.1 Å². The molecule has 2 atom stereocenters. The maximum absolute atomic E-state index is 11.2. The van der Waals surface area contributed by atoms with Crippen molar-refractivity contribution < 1.29 is 19.2 Å². The number of aldehydes is 1. The maximum Gasteiger partial charge on any atom is 0.243 e. The van der Waals surface area contributed by atoms with Gasteiger partial charge in [-0.15, -0.1) is 0 Å². The van der Waals surface area contributed by atoms with Crippen molar-refractivity contribution in [2.45, 2.75) is 25.9 Å². The van der Waals surface area contributed by atoms with E-state index in [-0.39, 0.29) is 48.8 Å². The van der Waals surface area contributed by atoms with Crippen molar-refractivity contribution in [3.63, 3.8) is 0 Å². The minimum absolute atomic E-state index is 0.0869. The van der Waals surface area contributed by atoms with Crippen molar-refractivity contribution >= 4 is 45.6 Å². The first-order valence-corrected chi connectivity index (χ1v) is 10.2. The number of likely N-dealkylation sites (N-methyl/N-ethyl adjacent to an activating group) is 1. The van der Waals surface area contributed by atoms with E-state index >= 15 is 0 Å². The van der Waals surface area contributed by atoms with Gasteiger partial charge in [0.2, 0.25) is 17.7 Å². The molecule has 0 saturated carbocycles. The van der Waals surface area contributed by atoms with Crippen LogP contribution in [0.5, 0.6) is 0 Å². The van der Waals surface area contributed by atoms with E-state index in [1.807, 2.05) is 20.1 Å². The van der Waals surface area contributed by atoms with Gasteiger partial charge in [0.1, 0.15) is 12.3 Å². The molecule has 1 saturated heterocycles. The monoisotopic (exact) mass is 378 g/mol. The first-order valence-electron chi connectivity index (χ1n) is 7.48. The Kier molecular flexibility index (Phi) is 12.4.